The van der Waals surface area contributed by atoms with Crippen molar-refractivity contribution in [2.45, 2.75) is 20.3 Å². The lowest BCUT2D eigenvalue weighted by atomic mass is 10.0. The molecule has 2 aromatic carbocycles. The lowest BCUT2D eigenvalue weighted by Gasteiger charge is -2.26. The monoisotopic (exact) mass is 352 g/mol. The van der Waals surface area contributed by atoms with E-state index >= 15 is 0 Å². The molecule has 0 atom stereocenters. The molecule has 0 spiro atoms. The van der Waals surface area contributed by atoms with Crippen molar-refractivity contribution in [1.29, 1.82) is 0 Å². The van der Waals surface area contributed by atoms with E-state index in [-0.39, 0.29) is 11.8 Å². The molecule has 0 bridgehead atoms. The lowest BCUT2D eigenvalue weighted by Crippen LogP contribution is -2.40. The van der Waals surface area contributed by atoms with E-state index in [1.165, 1.54) is 0 Å². The van der Waals surface area contributed by atoms with Gasteiger partial charge in [-0.05, 0) is 48.7 Å². The second-order valence-electron chi connectivity index (χ2n) is 6.40. The number of ether oxygens (including phenoxy) is 1. The van der Waals surface area contributed by atoms with Crippen LogP contribution < -0.4 is 5.32 Å². The number of nitrogens with one attached hydrogen (secondary N) is 1. The summed E-state index contributed by atoms with van der Waals surface area (Å²) in [5, 5.41) is 3.01. The molecule has 0 saturated carbocycles. The van der Waals surface area contributed by atoms with Gasteiger partial charge in [0, 0.05) is 29.9 Å². The van der Waals surface area contributed by atoms with Gasteiger partial charge in [-0.15, -0.1) is 0 Å². The van der Waals surface area contributed by atoms with Crippen molar-refractivity contribution >= 4 is 17.5 Å². The molecule has 0 unspecified atom stereocenters. The minimum Gasteiger partial charge on any atom is -0.378 e. The number of para-hydroxylation sites is 1. The van der Waals surface area contributed by atoms with Crippen LogP contribution in [0.5, 0.6) is 0 Å². The average molecular weight is 352 g/mol. The highest BCUT2D eigenvalue weighted by molar-refractivity contribution is 6.05. The van der Waals surface area contributed by atoms with Crippen LogP contribution in [-0.4, -0.2) is 43.0 Å². The van der Waals surface area contributed by atoms with Crippen molar-refractivity contribution in [1.82, 2.24) is 4.90 Å². The summed E-state index contributed by atoms with van der Waals surface area (Å²) in [6.45, 7) is 6.41. The Morgan fingerprint density at radius 3 is 2.35 bits per heavy atom. The van der Waals surface area contributed by atoms with Crippen LogP contribution in [0, 0.1) is 6.92 Å². The maximum atomic E-state index is 12.6. The molecule has 0 aromatic heterocycles. The van der Waals surface area contributed by atoms with Crippen LogP contribution in [0.2, 0.25) is 0 Å². The molecular formula is C21H24N2O3. The molecule has 1 N–H and O–H groups in total. The molecule has 1 aliphatic rings. The number of hydrogen-bond acceptors (Lipinski definition) is 3. The average Bonchev–Trinajstić information content (AvgIpc) is 2.69. The van der Waals surface area contributed by atoms with Gasteiger partial charge in [0.25, 0.3) is 11.8 Å². The largest absolute Gasteiger partial charge is 0.378 e. The van der Waals surface area contributed by atoms with Gasteiger partial charge in [-0.25, -0.2) is 0 Å². The highest BCUT2D eigenvalue weighted by Crippen LogP contribution is 2.22. The fraction of sp³-hybridized carbons (Fsp3) is 0.333. The molecule has 0 aliphatic carbocycles. The Labute approximate surface area is 154 Å². The topological polar surface area (TPSA) is 58.6 Å². The highest BCUT2D eigenvalue weighted by Gasteiger charge is 2.19. The molecular weight excluding hydrogens is 328 g/mol. The van der Waals surface area contributed by atoms with Crippen molar-refractivity contribution in [3.05, 3.63) is 64.7 Å². The first-order valence-electron chi connectivity index (χ1n) is 8.97. The van der Waals surface area contributed by atoms with Crippen LogP contribution >= 0.6 is 0 Å². The second kappa shape index (κ2) is 8.15. The lowest BCUT2D eigenvalue weighted by molar-refractivity contribution is 0.0303. The number of amides is 2. The van der Waals surface area contributed by atoms with E-state index in [1.807, 2.05) is 25.1 Å². The Morgan fingerprint density at radius 2 is 1.69 bits per heavy atom. The molecule has 1 aliphatic heterocycles. The van der Waals surface area contributed by atoms with Crippen LogP contribution in [0.4, 0.5) is 5.69 Å². The van der Waals surface area contributed by atoms with Gasteiger partial charge < -0.3 is 15.0 Å². The molecule has 5 nitrogen and oxygen atoms in total. The SMILES string of the molecule is CCc1cccc(C)c1NC(=O)c1ccc(C(=O)N2CCOCC2)cc1. The molecule has 2 aromatic rings. The van der Waals surface area contributed by atoms with Gasteiger partial charge in [0.15, 0.2) is 0 Å². The minimum atomic E-state index is -0.167. The van der Waals surface area contributed by atoms with Gasteiger partial charge in [0.05, 0.1) is 13.2 Å². The van der Waals surface area contributed by atoms with E-state index in [0.29, 0.717) is 37.4 Å². The fourth-order valence-electron chi connectivity index (χ4n) is 3.10. The van der Waals surface area contributed by atoms with Gasteiger partial charge in [-0.2, -0.15) is 0 Å². The number of carbonyl (C=O) groups excluding carboxylic acids is 2. The van der Waals surface area contributed by atoms with Crippen molar-refractivity contribution in [2.24, 2.45) is 0 Å². The molecule has 0 radical (unpaired) electrons. The third-order valence-corrected chi connectivity index (χ3v) is 4.67. The number of morpholine rings is 1. The first-order valence-corrected chi connectivity index (χ1v) is 8.97. The van der Waals surface area contributed by atoms with Gasteiger partial charge in [-0.3, -0.25) is 9.59 Å². The molecule has 1 fully saturated rings. The maximum absolute atomic E-state index is 12.6. The summed E-state index contributed by atoms with van der Waals surface area (Å²) in [6.07, 6.45) is 0.851. The van der Waals surface area contributed by atoms with Crippen LogP contribution in [0.1, 0.15) is 38.8 Å². The normalized spacial score (nSPS) is 14.2. The summed E-state index contributed by atoms with van der Waals surface area (Å²) in [5.74, 6) is -0.188. The molecule has 5 heteroatoms. The van der Waals surface area contributed by atoms with Gasteiger partial charge in [-0.1, -0.05) is 25.1 Å². The van der Waals surface area contributed by atoms with E-state index < -0.39 is 0 Å². The first kappa shape index (κ1) is 18.1. The summed E-state index contributed by atoms with van der Waals surface area (Å²) < 4.78 is 5.27. The van der Waals surface area contributed by atoms with E-state index in [1.54, 1.807) is 29.2 Å². The van der Waals surface area contributed by atoms with Crippen LogP contribution in [-0.2, 0) is 11.2 Å². The Balaban J connectivity index is 1.72. The third kappa shape index (κ3) is 3.94. The molecule has 3 rings (SSSR count). The summed E-state index contributed by atoms with van der Waals surface area (Å²) in [6, 6.07) is 12.8. The van der Waals surface area contributed by atoms with Crippen LogP contribution in [0.25, 0.3) is 0 Å². The molecule has 2 amide bonds. The highest BCUT2D eigenvalue weighted by atomic mass is 16.5. The van der Waals surface area contributed by atoms with Crippen molar-refractivity contribution in [2.75, 3.05) is 31.6 Å². The van der Waals surface area contributed by atoms with Gasteiger partial charge >= 0.3 is 0 Å². The second-order valence-corrected chi connectivity index (χ2v) is 6.40. The minimum absolute atomic E-state index is 0.0209. The van der Waals surface area contributed by atoms with Crippen LogP contribution in [0.3, 0.4) is 0 Å². The number of aryl methyl sites for hydroxylation is 2. The standard InChI is InChI=1S/C21H24N2O3/c1-3-16-6-4-5-15(2)19(16)22-20(24)17-7-9-18(10-8-17)21(25)23-11-13-26-14-12-23/h4-10H,3,11-14H2,1-2H3,(H,22,24). The van der Waals surface area contributed by atoms with E-state index in [9.17, 15) is 9.59 Å². The molecule has 1 heterocycles. The number of anilines is 1. The zero-order chi connectivity index (χ0) is 18.5. The number of carbonyl (C=O) groups is 2. The summed E-state index contributed by atoms with van der Waals surface area (Å²) >= 11 is 0. The smallest absolute Gasteiger partial charge is 0.255 e. The maximum Gasteiger partial charge on any atom is 0.255 e. The third-order valence-electron chi connectivity index (χ3n) is 4.67. The van der Waals surface area contributed by atoms with Crippen LogP contribution in [0.15, 0.2) is 42.5 Å². The van der Waals surface area contributed by atoms with E-state index in [0.717, 1.165) is 23.2 Å². The van der Waals surface area contributed by atoms with Crippen molar-refractivity contribution < 1.29 is 14.3 Å². The summed E-state index contributed by atoms with van der Waals surface area (Å²) in [5.41, 5.74) is 4.14. The molecule has 1 saturated heterocycles. The Bertz CT molecular complexity index is 793. The van der Waals surface area contributed by atoms with E-state index in [4.69, 9.17) is 4.74 Å². The van der Waals surface area contributed by atoms with Gasteiger partial charge in [0.2, 0.25) is 0 Å². The zero-order valence-corrected chi connectivity index (χ0v) is 15.2. The Hall–Kier alpha value is -2.66. The Morgan fingerprint density at radius 1 is 1.04 bits per heavy atom. The number of nitrogens with zero attached hydrogens (tertiary/aromatic N) is 1. The predicted molar refractivity (Wildman–Crippen MR) is 102 cm³/mol. The predicted octanol–water partition coefficient (Wildman–Crippen LogP) is 3.28. The Kier molecular flexibility index (Phi) is 5.68. The summed E-state index contributed by atoms with van der Waals surface area (Å²) in [4.78, 5) is 26.8. The summed E-state index contributed by atoms with van der Waals surface area (Å²) in [7, 11) is 0. The molecule has 26 heavy (non-hydrogen) atoms. The number of rotatable bonds is 4. The van der Waals surface area contributed by atoms with Crippen molar-refractivity contribution in [3.63, 3.8) is 0 Å². The van der Waals surface area contributed by atoms with Gasteiger partial charge in [0.1, 0.15) is 0 Å². The zero-order valence-electron chi connectivity index (χ0n) is 15.2. The van der Waals surface area contributed by atoms with Crippen molar-refractivity contribution in [3.8, 4) is 0 Å². The molecule has 136 valence electrons. The first-order chi connectivity index (χ1) is 12.6. The van der Waals surface area contributed by atoms with E-state index in [2.05, 4.69) is 12.2 Å². The fourth-order valence-corrected chi connectivity index (χ4v) is 3.10. The number of hydrogen-bond donors (Lipinski definition) is 1. The quantitative estimate of drug-likeness (QED) is 0.919. The number of benzene rings is 2.